The third-order valence-corrected chi connectivity index (χ3v) is 4.07. The summed E-state index contributed by atoms with van der Waals surface area (Å²) in [5.41, 5.74) is 0.759. The first-order chi connectivity index (χ1) is 9.06. The van der Waals surface area contributed by atoms with Gasteiger partial charge in [-0.05, 0) is 57.0 Å². The van der Waals surface area contributed by atoms with Crippen LogP contribution >= 0.6 is 11.6 Å². The molecule has 1 aliphatic rings. The minimum absolute atomic E-state index is 0.0387. The van der Waals surface area contributed by atoms with Gasteiger partial charge in [-0.1, -0.05) is 24.6 Å². The number of benzene rings is 1. The van der Waals surface area contributed by atoms with Gasteiger partial charge in [0.25, 0.3) is 0 Å². The average molecular weight is 281 g/mol. The summed E-state index contributed by atoms with van der Waals surface area (Å²) in [6.07, 6.45) is 2.35. The Kier molecular flexibility index (Phi) is 4.83. The number of hydrogen-bond acceptors (Lipinski definition) is 2. The summed E-state index contributed by atoms with van der Waals surface area (Å²) in [5.74, 6) is 0.816. The third-order valence-electron chi connectivity index (χ3n) is 3.84. The summed E-state index contributed by atoms with van der Waals surface area (Å²) >= 11 is 5.91. The van der Waals surface area contributed by atoms with Crippen molar-refractivity contribution in [3.05, 3.63) is 29.3 Å². The number of carbonyl (C=O) groups excluding carboxylic acids is 1. The molecular formula is C15H21ClN2O. The van der Waals surface area contributed by atoms with E-state index in [1.807, 2.05) is 19.1 Å². The van der Waals surface area contributed by atoms with Gasteiger partial charge in [0.2, 0.25) is 5.91 Å². The second-order valence-electron chi connectivity index (χ2n) is 5.39. The standard InChI is InChI=1S/C15H21ClN2O/c1-11-6-8-18(9-7-11)12(2)15(19)17-14-5-3-4-13(16)10-14/h3-5,10-12H,6-9H2,1-2H3,(H,17,19)/t12-/m1/s1. The molecule has 0 aliphatic carbocycles. The van der Waals surface area contributed by atoms with E-state index in [9.17, 15) is 4.79 Å². The molecule has 0 unspecified atom stereocenters. The van der Waals surface area contributed by atoms with E-state index >= 15 is 0 Å². The Labute approximate surface area is 119 Å². The van der Waals surface area contributed by atoms with Crippen LogP contribution in [0, 0.1) is 5.92 Å². The van der Waals surface area contributed by atoms with Crippen molar-refractivity contribution in [1.29, 1.82) is 0 Å². The number of nitrogens with zero attached hydrogens (tertiary/aromatic N) is 1. The molecular weight excluding hydrogens is 260 g/mol. The number of amides is 1. The third kappa shape index (κ3) is 3.95. The van der Waals surface area contributed by atoms with E-state index in [2.05, 4.69) is 17.1 Å². The average Bonchev–Trinajstić information content (AvgIpc) is 2.39. The van der Waals surface area contributed by atoms with Gasteiger partial charge in [-0.3, -0.25) is 9.69 Å². The van der Waals surface area contributed by atoms with Gasteiger partial charge in [0.05, 0.1) is 6.04 Å². The van der Waals surface area contributed by atoms with Crippen LogP contribution in [-0.4, -0.2) is 29.9 Å². The van der Waals surface area contributed by atoms with Crippen LogP contribution in [0.25, 0.3) is 0 Å². The monoisotopic (exact) mass is 280 g/mol. The van der Waals surface area contributed by atoms with Crippen molar-refractivity contribution in [3.63, 3.8) is 0 Å². The SMILES string of the molecule is CC1CCN([C@H](C)C(=O)Nc2cccc(Cl)c2)CC1. The molecule has 1 amide bonds. The molecule has 1 heterocycles. The lowest BCUT2D eigenvalue weighted by atomic mass is 9.98. The number of carbonyl (C=O) groups is 1. The number of likely N-dealkylation sites (tertiary alicyclic amines) is 1. The minimum Gasteiger partial charge on any atom is -0.325 e. The molecule has 1 aromatic rings. The van der Waals surface area contributed by atoms with E-state index in [4.69, 9.17) is 11.6 Å². The first kappa shape index (κ1) is 14.4. The Hall–Kier alpha value is -1.06. The molecule has 4 heteroatoms. The second-order valence-corrected chi connectivity index (χ2v) is 5.83. The summed E-state index contributed by atoms with van der Waals surface area (Å²) in [7, 11) is 0. The smallest absolute Gasteiger partial charge is 0.241 e. The van der Waals surface area contributed by atoms with Crippen LogP contribution in [-0.2, 0) is 4.79 Å². The molecule has 1 fully saturated rings. The van der Waals surface area contributed by atoms with Crippen molar-refractivity contribution in [2.45, 2.75) is 32.7 Å². The molecule has 2 rings (SSSR count). The molecule has 0 bridgehead atoms. The number of anilines is 1. The minimum atomic E-state index is -0.0912. The molecule has 104 valence electrons. The molecule has 0 radical (unpaired) electrons. The fraction of sp³-hybridized carbons (Fsp3) is 0.533. The lowest BCUT2D eigenvalue weighted by molar-refractivity contribution is -0.121. The van der Waals surface area contributed by atoms with Gasteiger partial charge >= 0.3 is 0 Å². The zero-order valence-corrected chi connectivity index (χ0v) is 12.3. The van der Waals surface area contributed by atoms with Gasteiger partial charge in [-0.2, -0.15) is 0 Å². The first-order valence-corrected chi connectivity index (χ1v) is 7.24. The second kappa shape index (κ2) is 6.40. The highest BCUT2D eigenvalue weighted by molar-refractivity contribution is 6.30. The summed E-state index contributed by atoms with van der Waals surface area (Å²) in [4.78, 5) is 14.5. The van der Waals surface area contributed by atoms with Crippen LogP contribution in [0.3, 0.4) is 0 Å². The molecule has 1 aliphatic heterocycles. The van der Waals surface area contributed by atoms with Crippen LogP contribution < -0.4 is 5.32 Å². The van der Waals surface area contributed by atoms with Gasteiger partial charge in [0.15, 0.2) is 0 Å². The number of halogens is 1. The molecule has 1 N–H and O–H groups in total. The Morgan fingerprint density at radius 1 is 1.42 bits per heavy atom. The normalized spacial score (nSPS) is 19.1. The number of hydrogen-bond donors (Lipinski definition) is 1. The fourth-order valence-corrected chi connectivity index (χ4v) is 2.58. The summed E-state index contributed by atoms with van der Waals surface area (Å²) in [6, 6.07) is 7.17. The predicted octanol–water partition coefficient (Wildman–Crippen LogP) is 3.40. The van der Waals surface area contributed by atoms with Crippen LogP contribution in [0.2, 0.25) is 5.02 Å². The fourth-order valence-electron chi connectivity index (χ4n) is 2.39. The van der Waals surface area contributed by atoms with E-state index in [1.54, 1.807) is 12.1 Å². The number of rotatable bonds is 3. The van der Waals surface area contributed by atoms with Gasteiger partial charge in [0, 0.05) is 10.7 Å². The van der Waals surface area contributed by atoms with Gasteiger partial charge in [-0.25, -0.2) is 0 Å². The van der Waals surface area contributed by atoms with Crippen LogP contribution in [0.5, 0.6) is 0 Å². The largest absolute Gasteiger partial charge is 0.325 e. The molecule has 0 spiro atoms. The highest BCUT2D eigenvalue weighted by Crippen LogP contribution is 2.19. The number of piperidine rings is 1. The number of nitrogens with one attached hydrogen (secondary N) is 1. The van der Waals surface area contributed by atoms with Crippen molar-refractivity contribution >= 4 is 23.2 Å². The van der Waals surface area contributed by atoms with Gasteiger partial charge < -0.3 is 5.32 Å². The van der Waals surface area contributed by atoms with Crippen molar-refractivity contribution in [3.8, 4) is 0 Å². The maximum atomic E-state index is 12.2. The molecule has 1 aromatic carbocycles. The Bertz CT molecular complexity index is 442. The lowest BCUT2D eigenvalue weighted by Crippen LogP contribution is -2.45. The zero-order valence-electron chi connectivity index (χ0n) is 11.5. The Morgan fingerprint density at radius 3 is 2.74 bits per heavy atom. The van der Waals surface area contributed by atoms with E-state index in [0.717, 1.165) is 24.7 Å². The van der Waals surface area contributed by atoms with E-state index in [0.29, 0.717) is 5.02 Å². The van der Waals surface area contributed by atoms with Gasteiger partial charge in [-0.15, -0.1) is 0 Å². The van der Waals surface area contributed by atoms with Crippen LogP contribution in [0.4, 0.5) is 5.69 Å². The highest BCUT2D eigenvalue weighted by atomic mass is 35.5. The van der Waals surface area contributed by atoms with E-state index < -0.39 is 0 Å². The van der Waals surface area contributed by atoms with Crippen molar-refractivity contribution < 1.29 is 4.79 Å². The van der Waals surface area contributed by atoms with Crippen molar-refractivity contribution in [2.24, 2.45) is 5.92 Å². The van der Waals surface area contributed by atoms with Crippen LogP contribution in [0.1, 0.15) is 26.7 Å². The van der Waals surface area contributed by atoms with Gasteiger partial charge in [0.1, 0.15) is 0 Å². The van der Waals surface area contributed by atoms with Crippen molar-refractivity contribution in [2.75, 3.05) is 18.4 Å². The molecule has 3 nitrogen and oxygen atoms in total. The highest BCUT2D eigenvalue weighted by Gasteiger charge is 2.24. The molecule has 19 heavy (non-hydrogen) atoms. The first-order valence-electron chi connectivity index (χ1n) is 6.87. The quantitative estimate of drug-likeness (QED) is 0.920. The Balaban J connectivity index is 1.92. The summed E-state index contributed by atoms with van der Waals surface area (Å²) in [6.45, 7) is 6.25. The molecule has 0 saturated carbocycles. The molecule has 1 saturated heterocycles. The Morgan fingerprint density at radius 2 is 2.11 bits per heavy atom. The topological polar surface area (TPSA) is 32.3 Å². The van der Waals surface area contributed by atoms with Crippen molar-refractivity contribution in [1.82, 2.24) is 4.90 Å². The van der Waals surface area contributed by atoms with E-state index in [1.165, 1.54) is 12.8 Å². The molecule has 0 aromatic heterocycles. The maximum absolute atomic E-state index is 12.2. The predicted molar refractivity (Wildman–Crippen MR) is 79.5 cm³/mol. The molecule has 1 atom stereocenters. The lowest BCUT2D eigenvalue weighted by Gasteiger charge is -2.34. The van der Waals surface area contributed by atoms with E-state index in [-0.39, 0.29) is 11.9 Å². The summed E-state index contributed by atoms with van der Waals surface area (Å²) in [5, 5.41) is 3.56. The van der Waals surface area contributed by atoms with Crippen LogP contribution in [0.15, 0.2) is 24.3 Å². The maximum Gasteiger partial charge on any atom is 0.241 e. The summed E-state index contributed by atoms with van der Waals surface area (Å²) < 4.78 is 0. The zero-order chi connectivity index (χ0) is 13.8.